The average Bonchev–Trinajstić information content (AvgIpc) is 2.32. The first-order valence-corrected chi connectivity index (χ1v) is 6.18. The average molecular weight is 268 g/mol. The molecule has 0 aromatic heterocycles. The molecule has 90 valence electrons. The van der Waals surface area contributed by atoms with Crippen molar-refractivity contribution in [2.24, 2.45) is 0 Å². The Kier molecular flexibility index (Phi) is 5.96. The van der Waals surface area contributed by atoms with Gasteiger partial charge in [0.1, 0.15) is 0 Å². The van der Waals surface area contributed by atoms with Gasteiger partial charge in [-0.3, -0.25) is 4.79 Å². The molecule has 0 aliphatic carbocycles. The number of nitrogens with one attached hydrogen (secondary N) is 1. The van der Waals surface area contributed by atoms with E-state index in [-0.39, 0.29) is 5.91 Å². The molecule has 0 bridgehead atoms. The molecular weight excluding hydrogens is 254 g/mol. The molecule has 0 unspecified atom stereocenters. The van der Waals surface area contributed by atoms with Crippen molar-refractivity contribution < 1.29 is 4.79 Å². The minimum atomic E-state index is -0.174. The third kappa shape index (κ3) is 4.72. The molecule has 1 aromatic rings. The van der Waals surface area contributed by atoms with Crippen molar-refractivity contribution >= 4 is 30.1 Å². The van der Waals surface area contributed by atoms with Crippen LogP contribution in [0.2, 0.25) is 5.02 Å². The predicted molar refractivity (Wildman–Crippen MR) is 73.7 cm³/mol. The van der Waals surface area contributed by atoms with E-state index in [4.69, 9.17) is 18.0 Å². The van der Waals surface area contributed by atoms with Crippen molar-refractivity contribution in [1.82, 2.24) is 5.32 Å². The summed E-state index contributed by atoms with van der Waals surface area (Å²) in [6, 6.07) is 5.06. The van der Waals surface area contributed by atoms with Gasteiger partial charge in [-0.1, -0.05) is 11.6 Å². The Morgan fingerprint density at radius 3 is 2.94 bits per heavy atom. The summed E-state index contributed by atoms with van der Waals surface area (Å²) in [5, 5.41) is 3.23. The highest BCUT2D eigenvalue weighted by molar-refractivity contribution is 7.80. The van der Waals surface area contributed by atoms with E-state index in [1.54, 1.807) is 18.2 Å². The molecule has 0 fully saturated rings. The molecule has 0 saturated carbocycles. The number of hydrogen-bond donors (Lipinski definition) is 2. The quantitative estimate of drug-likeness (QED) is 0.479. The Hall–Kier alpha value is -1.11. The summed E-state index contributed by atoms with van der Waals surface area (Å²) in [6.07, 6.45) is 7.66. The van der Waals surface area contributed by atoms with Crippen LogP contribution in [0.15, 0.2) is 23.1 Å². The minimum Gasteiger partial charge on any atom is -0.352 e. The summed E-state index contributed by atoms with van der Waals surface area (Å²) in [4.78, 5) is 12.5. The number of carbonyl (C=O) groups is 1. The van der Waals surface area contributed by atoms with E-state index in [0.717, 1.165) is 19.3 Å². The summed E-state index contributed by atoms with van der Waals surface area (Å²) in [7, 11) is 0. The zero-order valence-electron chi connectivity index (χ0n) is 9.37. The van der Waals surface area contributed by atoms with Gasteiger partial charge in [-0.2, -0.15) is 0 Å². The van der Waals surface area contributed by atoms with Gasteiger partial charge in [0.05, 0.1) is 10.6 Å². The van der Waals surface area contributed by atoms with Crippen LogP contribution in [0, 0.1) is 12.3 Å². The standard InChI is InChI=1S/C13H14ClNOS/c1-2-3-4-5-8-15-13(16)11-9-10(17)6-7-12(11)14/h1,6-7,9,17H,3-5,8H2,(H,15,16). The van der Waals surface area contributed by atoms with Gasteiger partial charge in [0.25, 0.3) is 5.91 Å². The van der Waals surface area contributed by atoms with E-state index < -0.39 is 0 Å². The van der Waals surface area contributed by atoms with Crippen LogP contribution in [0.1, 0.15) is 29.6 Å². The largest absolute Gasteiger partial charge is 0.352 e. The van der Waals surface area contributed by atoms with Crippen molar-refractivity contribution in [2.45, 2.75) is 24.2 Å². The van der Waals surface area contributed by atoms with Crippen LogP contribution in [0.4, 0.5) is 0 Å². The minimum absolute atomic E-state index is 0.174. The van der Waals surface area contributed by atoms with Crippen LogP contribution in [0.3, 0.4) is 0 Å². The van der Waals surface area contributed by atoms with Crippen molar-refractivity contribution in [3.63, 3.8) is 0 Å². The van der Waals surface area contributed by atoms with Crippen molar-refractivity contribution in [3.8, 4) is 12.3 Å². The predicted octanol–water partition coefficient (Wildman–Crippen LogP) is 3.16. The number of rotatable bonds is 5. The Morgan fingerprint density at radius 2 is 2.24 bits per heavy atom. The van der Waals surface area contributed by atoms with Gasteiger partial charge in [0.2, 0.25) is 0 Å². The molecule has 0 aliphatic rings. The molecule has 4 heteroatoms. The number of terminal acetylenes is 1. The van der Waals surface area contributed by atoms with Crippen molar-refractivity contribution in [1.29, 1.82) is 0 Å². The van der Waals surface area contributed by atoms with Crippen LogP contribution in [0.5, 0.6) is 0 Å². The number of unbranched alkanes of at least 4 members (excludes halogenated alkanes) is 2. The first-order chi connectivity index (χ1) is 8.15. The topological polar surface area (TPSA) is 29.1 Å². The molecular formula is C13H14ClNOS. The highest BCUT2D eigenvalue weighted by Gasteiger charge is 2.09. The lowest BCUT2D eigenvalue weighted by Crippen LogP contribution is -2.24. The fraction of sp³-hybridized carbons (Fsp3) is 0.308. The molecule has 1 amide bonds. The lowest BCUT2D eigenvalue weighted by Gasteiger charge is -2.06. The molecule has 0 saturated heterocycles. The number of carbonyl (C=O) groups excluding carboxylic acids is 1. The van der Waals surface area contributed by atoms with Gasteiger partial charge in [-0.25, -0.2) is 0 Å². The van der Waals surface area contributed by atoms with E-state index >= 15 is 0 Å². The summed E-state index contributed by atoms with van der Waals surface area (Å²) in [6.45, 7) is 0.605. The molecule has 0 heterocycles. The van der Waals surface area contributed by atoms with E-state index in [0.29, 0.717) is 22.0 Å². The molecule has 17 heavy (non-hydrogen) atoms. The molecule has 0 atom stereocenters. The Balaban J connectivity index is 2.47. The Morgan fingerprint density at radius 1 is 1.47 bits per heavy atom. The van der Waals surface area contributed by atoms with E-state index in [1.807, 2.05) is 0 Å². The van der Waals surface area contributed by atoms with Crippen LogP contribution in [-0.4, -0.2) is 12.5 Å². The normalized spacial score (nSPS) is 9.71. The van der Waals surface area contributed by atoms with Gasteiger partial charge in [0, 0.05) is 17.9 Å². The Bertz CT molecular complexity index is 440. The molecule has 0 aliphatic heterocycles. The lowest BCUT2D eigenvalue weighted by molar-refractivity contribution is 0.0953. The highest BCUT2D eigenvalue weighted by atomic mass is 35.5. The maximum Gasteiger partial charge on any atom is 0.252 e. The smallest absolute Gasteiger partial charge is 0.252 e. The number of hydrogen-bond acceptors (Lipinski definition) is 2. The van der Waals surface area contributed by atoms with Crippen molar-refractivity contribution in [2.75, 3.05) is 6.54 Å². The SMILES string of the molecule is C#CCCCCNC(=O)c1cc(S)ccc1Cl. The summed E-state index contributed by atoms with van der Waals surface area (Å²) in [5.74, 6) is 2.39. The van der Waals surface area contributed by atoms with Gasteiger partial charge in [0.15, 0.2) is 0 Å². The number of halogens is 1. The highest BCUT2D eigenvalue weighted by Crippen LogP contribution is 2.19. The third-order valence-electron chi connectivity index (χ3n) is 2.23. The van der Waals surface area contributed by atoms with Gasteiger partial charge >= 0.3 is 0 Å². The zero-order valence-corrected chi connectivity index (χ0v) is 11.0. The Labute approximate surface area is 112 Å². The molecule has 1 rings (SSSR count). The first kappa shape index (κ1) is 14.0. The molecule has 2 nitrogen and oxygen atoms in total. The molecule has 1 N–H and O–H groups in total. The van der Waals surface area contributed by atoms with Crippen molar-refractivity contribution in [3.05, 3.63) is 28.8 Å². The second kappa shape index (κ2) is 7.26. The maximum atomic E-state index is 11.8. The third-order valence-corrected chi connectivity index (χ3v) is 2.84. The van der Waals surface area contributed by atoms with Crippen LogP contribution in [0.25, 0.3) is 0 Å². The maximum absolute atomic E-state index is 11.8. The summed E-state index contributed by atoms with van der Waals surface area (Å²) in [5.41, 5.74) is 0.455. The van der Waals surface area contributed by atoms with Gasteiger partial charge < -0.3 is 5.32 Å². The van der Waals surface area contributed by atoms with Gasteiger partial charge in [-0.05, 0) is 31.0 Å². The molecule has 0 radical (unpaired) electrons. The lowest BCUT2D eigenvalue weighted by atomic mass is 10.2. The van der Waals surface area contributed by atoms with Crippen LogP contribution in [-0.2, 0) is 0 Å². The first-order valence-electron chi connectivity index (χ1n) is 5.35. The van der Waals surface area contributed by atoms with Crippen LogP contribution < -0.4 is 5.32 Å². The zero-order chi connectivity index (χ0) is 12.7. The molecule has 1 aromatic carbocycles. The number of amides is 1. The fourth-order valence-electron chi connectivity index (χ4n) is 1.34. The van der Waals surface area contributed by atoms with E-state index in [1.165, 1.54) is 0 Å². The number of thiol groups is 1. The summed E-state index contributed by atoms with van der Waals surface area (Å²) < 4.78 is 0. The van der Waals surface area contributed by atoms with E-state index in [9.17, 15) is 4.79 Å². The molecule has 0 spiro atoms. The summed E-state index contributed by atoms with van der Waals surface area (Å²) >= 11 is 10.1. The second-order valence-electron chi connectivity index (χ2n) is 3.58. The van der Waals surface area contributed by atoms with E-state index in [2.05, 4.69) is 23.9 Å². The monoisotopic (exact) mass is 267 g/mol. The van der Waals surface area contributed by atoms with Crippen LogP contribution >= 0.6 is 24.2 Å². The fourth-order valence-corrected chi connectivity index (χ4v) is 1.74. The second-order valence-corrected chi connectivity index (χ2v) is 4.50. The van der Waals surface area contributed by atoms with Gasteiger partial charge in [-0.15, -0.1) is 25.0 Å². The number of benzene rings is 1.